The predicted octanol–water partition coefficient (Wildman–Crippen LogP) is 6.11. The molecule has 8 heteroatoms. The van der Waals surface area contributed by atoms with Crippen LogP contribution in [0.4, 0.5) is 4.39 Å². The zero-order valence-corrected chi connectivity index (χ0v) is 20.6. The number of likely N-dealkylation sites (tertiary alicyclic amines) is 1. The average Bonchev–Trinajstić information content (AvgIpc) is 2.76. The van der Waals surface area contributed by atoms with Crippen molar-refractivity contribution in [3.8, 4) is 0 Å². The first-order valence-corrected chi connectivity index (χ1v) is 13.0. The molecule has 0 radical (unpaired) electrons. The van der Waals surface area contributed by atoms with E-state index in [0.717, 1.165) is 34.6 Å². The van der Waals surface area contributed by atoms with Crippen molar-refractivity contribution >= 4 is 47.1 Å². The third-order valence-corrected chi connectivity index (χ3v) is 7.54. The van der Waals surface area contributed by atoms with Gasteiger partial charge in [-0.05, 0) is 72.0 Å². The van der Waals surface area contributed by atoms with Crippen molar-refractivity contribution in [2.24, 2.45) is 5.92 Å². The van der Waals surface area contributed by atoms with Gasteiger partial charge in [0, 0.05) is 34.6 Å². The highest BCUT2D eigenvalue weighted by molar-refractivity contribution is 7.99. The summed E-state index contributed by atoms with van der Waals surface area (Å²) in [4.78, 5) is 28.5. The average molecular weight is 495 g/mol. The SMILES string of the molecule is CC(C)SCCN1C(=O)[C@@H](CC(=O)NSc2ccc(F)cc2)CCC1c1ccc(Cl)cc1. The first-order valence-electron chi connectivity index (χ1n) is 10.7. The molecule has 1 heterocycles. The minimum Gasteiger partial charge on any atom is -0.335 e. The van der Waals surface area contributed by atoms with E-state index in [0.29, 0.717) is 23.2 Å². The third-order valence-electron chi connectivity index (χ3n) is 5.36. The standard InChI is InChI=1S/C24H28ClFN2O2S2/c1-16(2)31-14-13-28-22(17-3-6-19(25)7-4-17)12-5-18(24(28)30)15-23(29)27-32-21-10-8-20(26)9-11-21/h3-4,6-11,16,18,22H,5,12-15H2,1-2H3,(H,27,29)/t18-,22?/m1/s1. The van der Waals surface area contributed by atoms with Gasteiger partial charge in [0.25, 0.3) is 0 Å². The summed E-state index contributed by atoms with van der Waals surface area (Å²) in [5, 5.41) is 1.17. The highest BCUT2D eigenvalue weighted by Gasteiger charge is 2.36. The van der Waals surface area contributed by atoms with Crippen molar-refractivity contribution in [3.63, 3.8) is 0 Å². The van der Waals surface area contributed by atoms with Gasteiger partial charge in [0.15, 0.2) is 0 Å². The fourth-order valence-corrected chi connectivity index (χ4v) is 5.27. The second kappa shape index (κ2) is 12.0. The zero-order valence-electron chi connectivity index (χ0n) is 18.2. The Morgan fingerprint density at radius 1 is 1.16 bits per heavy atom. The van der Waals surface area contributed by atoms with Gasteiger partial charge in [-0.25, -0.2) is 4.39 Å². The fraction of sp³-hybridized carbons (Fsp3) is 0.417. The molecule has 1 aliphatic heterocycles. The van der Waals surface area contributed by atoms with Gasteiger partial charge in [-0.2, -0.15) is 11.8 Å². The number of nitrogens with one attached hydrogen (secondary N) is 1. The number of carbonyl (C=O) groups excluding carboxylic acids is 2. The molecule has 0 aliphatic carbocycles. The van der Waals surface area contributed by atoms with Crippen LogP contribution >= 0.6 is 35.3 Å². The molecular formula is C24H28ClFN2O2S2. The second-order valence-corrected chi connectivity index (χ2v) is 11.1. The molecule has 3 rings (SSSR count). The topological polar surface area (TPSA) is 49.4 Å². The zero-order chi connectivity index (χ0) is 23.1. The Bertz CT molecular complexity index is 909. The number of hydrogen-bond acceptors (Lipinski definition) is 4. The first-order chi connectivity index (χ1) is 15.3. The molecule has 2 amide bonds. The minimum atomic E-state index is -0.337. The molecule has 1 fully saturated rings. The maximum Gasteiger partial charge on any atom is 0.230 e. The fourth-order valence-electron chi connectivity index (χ4n) is 3.78. The summed E-state index contributed by atoms with van der Waals surface area (Å²) >= 11 is 9.01. The molecule has 172 valence electrons. The van der Waals surface area contributed by atoms with E-state index < -0.39 is 0 Å². The van der Waals surface area contributed by atoms with Crippen molar-refractivity contribution in [2.75, 3.05) is 12.3 Å². The molecule has 2 atom stereocenters. The van der Waals surface area contributed by atoms with E-state index in [-0.39, 0.29) is 36.0 Å². The molecule has 2 aromatic carbocycles. The van der Waals surface area contributed by atoms with Gasteiger partial charge in [0.1, 0.15) is 5.82 Å². The molecule has 0 aromatic heterocycles. The van der Waals surface area contributed by atoms with Crippen LogP contribution in [-0.4, -0.2) is 34.3 Å². The van der Waals surface area contributed by atoms with E-state index in [1.807, 2.05) is 40.9 Å². The lowest BCUT2D eigenvalue weighted by molar-refractivity contribution is -0.144. The molecule has 4 nitrogen and oxygen atoms in total. The first kappa shape index (κ1) is 24.9. The molecular weight excluding hydrogens is 467 g/mol. The Labute approximate surface area is 202 Å². The number of rotatable bonds is 9. The quantitative estimate of drug-likeness (QED) is 0.427. The Kier molecular flexibility index (Phi) is 9.32. The minimum absolute atomic E-state index is 0.000398. The van der Waals surface area contributed by atoms with Crippen LogP contribution in [-0.2, 0) is 9.59 Å². The molecule has 0 bridgehead atoms. The maximum absolute atomic E-state index is 13.4. The Morgan fingerprint density at radius 2 is 1.84 bits per heavy atom. The van der Waals surface area contributed by atoms with Crippen molar-refractivity contribution in [1.82, 2.24) is 9.62 Å². The summed E-state index contributed by atoms with van der Waals surface area (Å²) in [7, 11) is 0. The summed E-state index contributed by atoms with van der Waals surface area (Å²) in [6.07, 6.45) is 1.62. The van der Waals surface area contributed by atoms with Crippen LogP contribution in [0.1, 0.15) is 44.7 Å². The van der Waals surface area contributed by atoms with Gasteiger partial charge in [0.2, 0.25) is 11.8 Å². The molecule has 0 spiro atoms. The van der Waals surface area contributed by atoms with Crippen LogP contribution in [0, 0.1) is 11.7 Å². The lowest BCUT2D eigenvalue weighted by Gasteiger charge is -2.39. The number of thioether (sulfide) groups is 1. The second-order valence-electron chi connectivity index (χ2n) is 8.08. The number of halogens is 2. The van der Waals surface area contributed by atoms with Crippen molar-refractivity contribution in [2.45, 2.75) is 49.3 Å². The Hall–Kier alpha value is -1.70. The van der Waals surface area contributed by atoms with Crippen LogP contribution in [0.2, 0.25) is 5.02 Å². The van der Waals surface area contributed by atoms with Crippen LogP contribution in [0.15, 0.2) is 53.4 Å². The van der Waals surface area contributed by atoms with E-state index in [1.165, 1.54) is 12.1 Å². The maximum atomic E-state index is 13.4. The van der Waals surface area contributed by atoms with Crippen LogP contribution < -0.4 is 4.72 Å². The van der Waals surface area contributed by atoms with Crippen LogP contribution in [0.25, 0.3) is 0 Å². The van der Waals surface area contributed by atoms with Crippen LogP contribution in [0.3, 0.4) is 0 Å². The highest BCUT2D eigenvalue weighted by atomic mass is 35.5. The monoisotopic (exact) mass is 494 g/mol. The van der Waals surface area contributed by atoms with Crippen molar-refractivity contribution in [1.29, 1.82) is 0 Å². The van der Waals surface area contributed by atoms with Gasteiger partial charge in [-0.3, -0.25) is 14.3 Å². The van der Waals surface area contributed by atoms with Gasteiger partial charge in [-0.15, -0.1) is 0 Å². The number of carbonyl (C=O) groups is 2. The van der Waals surface area contributed by atoms with E-state index in [9.17, 15) is 14.0 Å². The van der Waals surface area contributed by atoms with E-state index in [2.05, 4.69) is 18.6 Å². The Balaban J connectivity index is 1.63. The summed E-state index contributed by atoms with van der Waals surface area (Å²) in [5.74, 6) is 0.0322. The molecule has 2 aromatic rings. The highest BCUT2D eigenvalue weighted by Crippen LogP contribution is 2.36. The molecule has 1 unspecified atom stereocenters. The third kappa shape index (κ3) is 7.15. The summed E-state index contributed by atoms with van der Waals surface area (Å²) in [6.45, 7) is 4.94. The van der Waals surface area contributed by atoms with Crippen molar-refractivity contribution in [3.05, 3.63) is 64.9 Å². The molecule has 1 N–H and O–H groups in total. The lowest BCUT2D eigenvalue weighted by Crippen LogP contribution is -2.45. The lowest BCUT2D eigenvalue weighted by atomic mass is 9.86. The molecule has 1 aliphatic rings. The largest absolute Gasteiger partial charge is 0.335 e. The van der Waals surface area contributed by atoms with Gasteiger partial charge in [-0.1, -0.05) is 37.6 Å². The van der Waals surface area contributed by atoms with Crippen LogP contribution in [0.5, 0.6) is 0 Å². The number of amides is 2. The van der Waals surface area contributed by atoms with E-state index in [4.69, 9.17) is 11.6 Å². The van der Waals surface area contributed by atoms with E-state index >= 15 is 0 Å². The van der Waals surface area contributed by atoms with Gasteiger partial charge >= 0.3 is 0 Å². The molecule has 1 saturated heterocycles. The summed E-state index contributed by atoms with van der Waals surface area (Å²) in [6, 6.07) is 13.6. The summed E-state index contributed by atoms with van der Waals surface area (Å²) < 4.78 is 15.8. The number of piperidine rings is 1. The number of benzene rings is 2. The normalized spacial score (nSPS) is 18.8. The van der Waals surface area contributed by atoms with Gasteiger partial charge in [0.05, 0.1) is 6.04 Å². The molecule has 0 saturated carbocycles. The number of hydrogen-bond donors (Lipinski definition) is 1. The predicted molar refractivity (Wildman–Crippen MR) is 131 cm³/mol. The van der Waals surface area contributed by atoms with Gasteiger partial charge < -0.3 is 4.90 Å². The summed E-state index contributed by atoms with van der Waals surface area (Å²) in [5.41, 5.74) is 1.08. The van der Waals surface area contributed by atoms with Crippen molar-refractivity contribution < 1.29 is 14.0 Å². The Morgan fingerprint density at radius 3 is 2.50 bits per heavy atom. The van der Waals surface area contributed by atoms with E-state index in [1.54, 1.807) is 12.1 Å². The molecule has 32 heavy (non-hydrogen) atoms. The number of nitrogens with zero attached hydrogens (tertiary/aromatic N) is 1. The smallest absolute Gasteiger partial charge is 0.230 e.